The van der Waals surface area contributed by atoms with E-state index in [0.29, 0.717) is 0 Å². The first kappa shape index (κ1) is 12.4. The predicted molar refractivity (Wildman–Crippen MR) is 69.7 cm³/mol. The lowest BCUT2D eigenvalue weighted by Gasteiger charge is -2.35. The lowest BCUT2D eigenvalue weighted by atomic mass is 9.98. The largest absolute Gasteiger partial charge is 0.311 e. The summed E-state index contributed by atoms with van der Waals surface area (Å²) in [5.41, 5.74) is 0. The van der Waals surface area contributed by atoms with Gasteiger partial charge in [-0.25, -0.2) is 0 Å². The first-order valence-electron chi connectivity index (χ1n) is 7.11. The van der Waals surface area contributed by atoms with Crippen LogP contribution in [0.2, 0.25) is 0 Å². The molecular weight excluding hydrogens is 196 g/mol. The van der Waals surface area contributed by atoms with Crippen LogP contribution in [0, 0.1) is 5.92 Å². The number of hydrogen-bond acceptors (Lipinski definition) is 2. The number of fused-ring (bicyclic) bond motifs is 2. The molecule has 0 amide bonds. The van der Waals surface area contributed by atoms with Gasteiger partial charge < -0.3 is 10.2 Å². The second-order valence-electron chi connectivity index (χ2n) is 6.28. The van der Waals surface area contributed by atoms with Gasteiger partial charge in [0.2, 0.25) is 0 Å². The summed E-state index contributed by atoms with van der Waals surface area (Å²) in [6, 6.07) is 2.51. The van der Waals surface area contributed by atoms with E-state index in [1.165, 1.54) is 45.1 Å². The van der Waals surface area contributed by atoms with E-state index in [0.717, 1.165) is 24.0 Å². The summed E-state index contributed by atoms with van der Waals surface area (Å²) >= 11 is 0. The Morgan fingerprint density at radius 1 is 1.19 bits per heavy atom. The Kier molecular flexibility index (Phi) is 4.26. The van der Waals surface area contributed by atoms with E-state index < -0.39 is 0 Å². The van der Waals surface area contributed by atoms with Gasteiger partial charge >= 0.3 is 0 Å². The van der Waals surface area contributed by atoms with Crippen LogP contribution in [-0.2, 0) is 0 Å². The zero-order chi connectivity index (χ0) is 11.5. The van der Waals surface area contributed by atoms with Crippen LogP contribution >= 0.6 is 0 Å². The van der Waals surface area contributed by atoms with Crippen molar-refractivity contribution in [1.29, 1.82) is 0 Å². The van der Waals surface area contributed by atoms with E-state index >= 15 is 0 Å². The van der Waals surface area contributed by atoms with Crippen molar-refractivity contribution in [3.63, 3.8) is 0 Å². The zero-order valence-corrected chi connectivity index (χ0v) is 11.2. The Labute approximate surface area is 101 Å². The van der Waals surface area contributed by atoms with Crippen LogP contribution in [0.15, 0.2) is 0 Å². The quantitative estimate of drug-likeness (QED) is 0.772. The highest BCUT2D eigenvalue weighted by atomic mass is 15.2. The van der Waals surface area contributed by atoms with Crippen molar-refractivity contribution in [3.8, 4) is 0 Å². The van der Waals surface area contributed by atoms with Gasteiger partial charge in [0.25, 0.3) is 0 Å². The van der Waals surface area contributed by atoms with E-state index in [2.05, 4.69) is 31.1 Å². The fraction of sp³-hybridized carbons (Fsp3) is 1.00. The summed E-state index contributed by atoms with van der Waals surface area (Å²) in [5, 5.41) is 3.72. The van der Waals surface area contributed by atoms with Crippen LogP contribution in [-0.4, -0.2) is 36.6 Å². The lowest BCUT2D eigenvalue weighted by molar-refractivity contribution is 0.168. The first-order chi connectivity index (χ1) is 7.65. The Morgan fingerprint density at radius 2 is 1.81 bits per heavy atom. The smallest absolute Gasteiger partial charge is 0.0122 e. The van der Waals surface area contributed by atoms with Crippen molar-refractivity contribution >= 4 is 0 Å². The third kappa shape index (κ3) is 3.21. The van der Waals surface area contributed by atoms with Gasteiger partial charge in [-0.15, -0.1) is 0 Å². The van der Waals surface area contributed by atoms with Gasteiger partial charge in [-0.2, -0.15) is 0 Å². The third-order valence-electron chi connectivity index (χ3n) is 4.36. The summed E-state index contributed by atoms with van der Waals surface area (Å²) < 4.78 is 0. The van der Waals surface area contributed by atoms with Crippen molar-refractivity contribution in [3.05, 3.63) is 0 Å². The van der Waals surface area contributed by atoms with Crippen LogP contribution in [0.5, 0.6) is 0 Å². The molecule has 2 heteroatoms. The first-order valence-corrected chi connectivity index (χ1v) is 7.11. The molecule has 2 aliphatic heterocycles. The molecule has 1 N–H and O–H groups in total. The molecule has 0 aromatic carbocycles. The van der Waals surface area contributed by atoms with Crippen LogP contribution in [0.1, 0.15) is 52.4 Å². The van der Waals surface area contributed by atoms with Crippen LogP contribution in [0.25, 0.3) is 0 Å². The Hall–Kier alpha value is -0.0800. The molecule has 2 aliphatic rings. The summed E-state index contributed by atoms with van der Waals surface area (Å²) in [6.45, 7) is 5.94. The minimum Gasteiger partial charge on any atom is -0.311 e. The molecule has 16 heavy (non-hydrogen) atoms. The maximum atomic E-state index is 3.72. The Morgan fingerprint density at radius 3 is 2.38 bits per heavy atom. The molecule has 2 saturated heterocycles. The van der Waals surface area contributed by atoms with Crippen LogP contribution in [0.4, 0.5) is 0 Å². The molecule has 2 nitrogen and oxygen atoms in total. The summed E-state index contributed by atoms with van der Waals surface area (Å²) in [5.74, 6) is 0.859. The summed E-state index contributed by atoms with van der Waals surface area (Å²) in [4.78, 5) is 2.62. The minimum absolute atomic E-state index is 0.830. The van der Waals surface area contributed by atoms with Crippen LogP contribution < -0.4 is 5.32 Å². The van der Waals surface area contributed by atoms with Gasteiger partial charge in [0, 0.05) is 18.1 Å². The van der Waals surface area contributed by atoms with Gasteiger partial charge in [-0.3, -0.25) is 0 Å². The van der Waals surface area contributed by atoms with Crippen molar-refractivity contribution in [2.24, 2.45) is 5.92 Å². The predicted octanol–water partition coefficient (Wildman–Crippen LogP) is 2.64. The molecule has 0 spiro atoms. The highest BCUT2D eigenvalue weighted by Crippen LogP contribution is 2.29. The van der Waals surface area contributed by atoms with Crippen molar-refractivity contribution in [2.75, 3.05) is 13.6 Å². The topological polar surface area (TPSA) is 15.3 Å². The second kappa shape index (κ2) is 5.50. The molecule has 0 radical (unpaired) electrons. The second-order valence-corrected chi connectivity index (χ2v) is 6.28. The Balaban J connectivity index is 1.70. The number of nitrogens with one attached hydrogen (secondary N) is 1. The fourth-order valence-corrected chi connectivity index (χ4v) is 3.32. The SMILES string of the molecule is CC(C)CCCN(C)C1CC2CCC(C1)N2. The molecule has 0 aromatic rings. The molecule has 2 atom stereocenters. The van der Waals surface area contributed by atoms with E-state index in [1.807, 2.05) is 0 Å². The molecule has 2 unspecified atom stereocenters. The molecule has 2 heterocycles. The average molecular weight is 224 g/mol. The third-order valence-corrected chi connectivity index (χ3v) is 4.36. The molecule has 0 aliphatic carbocycles. The standard InChI is InChI=1S/C14H28N2/c1-11(2)5-4-8-16(3)14-9-12-6-7-13(10-14)15-12/h11-15H,4-10H2,1-3H3. The maximum Gasteiger partial charge on any atom is 0.0122 e. The van der Waals surface area contributed by atoms with Gasteiger partial charge in [-0.05, 0) is 58.0 Å². The van der Waals surface area contributed by atoms with E-state index in [-0.39, 0.29) is 0 Å². The molecule has 94 valence electrons. The maximum absolute atomic E-state index is 3.72. The van der Waals surface area contributed by atoms with Crippen molar-refractivity contribution in [2.45, 2.75) is 70.5 Å². The number of piperidine rings is 1. The summed E-state index contributed by atoms with van der Waals surface area (Å²) in [6.07, 6.45) is 8.35. The molecule has 2 fully saturated rings. The molecule has 0 saturated carbocycles. The van der Waals surface area contributed by atoms with Gasteiger partial charge in [0.15, 0.2) is 0 Å². The van der Waals surface area contributed by atoms with Gasteiger partial charge in [0.05, 0.1) is 0 Å². The zero-order valence-electron chi connectivity index (χ0n) is 11.2. The number of hydrogen-bond donors (Lipinski definition) is 1. The molecule has 2 bridgehead atoms. The number of nitrogens with zero attached hydrogens (tertiary/aromatic N) is 1. The summed E-state index contributed by atoms with van der Waals surface area (Å²) in [7, 11) is 2.33. The number of rotatable bonds is 5. The van der Waals surface area contributed by atoms with E-state index in [1.54, 1.807) is 0 Å². The average Bonchev–Trinajstić information content (AvgIpc) is 2.57. The monoisotopic (exact) mass is 224 g/mol. The molecule has 0 aromatic heterocycles. The lowest BCUT2D eigenvalue weighted by Crippen LogP contribution is -2.47. The molecule has 2 rings (SSSR count). The van der Waals surface area contributed by atoms with E-state index in [9.17, 15) is 0 Å². The highest BCUT2D eigenvalue weighted by molar-refractivity contribution is 4.95. The minimum atomic E-state index is 0.830. The van der Waals surface area contributed by atoms with Gasteiger partial charge in [0.1, 0.15) is 0 Å². The van der Waals surface area contributed by atoms with Crippen molar-refractivity contribution in [1.82, 2.24) is 10.2 Å². The fourth-order valence-electron chi connectivity index (χ4n) is 3.32. The normalized spacial score (nSPS) is 33.9. The Bertz CT molecular complexity index is 203. The van der Waals surface area contributed by atoms with Crippen LogP contribution in [0.3, 0.4) is 0 Å². The highest BCUT2D eigenvalue weighted by Gasteiger charge is 2.34. The van der Waals surface area contributed by atoms with Gasteiger partial charge in [-0.1, -0.05) is 13.8 Å². The van der Waals surface area contributed by atoms with E-state index in [4.69, 9.17) is 0 Å². The molecular formula is C14H28N2. The van der Waals surface area contributed by atoms with Crippen molar-refractivity contribution < 1.29 is 0 Å².